The van der Waals surface area contributed by atoms with Crippen molar-refractivity contribution < 1.29 is 21.8 Å². The summed E-state index contributed by atoms with van der Waals surface area (Å²) in [7, 11) is 0. The molecular weight excluding hydrogens is 472 g/mol. The molecule has 6 nitrogen and oxygen atoms in total. The van der Waals surface area contributed by atoms with Gasteiger partial charge in [-0.2, -0.15) is 0 Å². The lowest BCUT2D eigenvalue weighted by Crippen LogP contribution is -2.45. The van der Waals surface area contributed by atoms with Gasteiger partial charge in [0.15, 0.2) is 0 Å². The number of nitrogens with one attached hydrogen (secondary N) is 1. The molecule has 3 unspecified atom stereocenters. The summed E-state index contributed by atoms with van der Waals surface area (Å²) in [5.74, 6) is -4.60. The van der Waals surface area contributed by atoms with Gasteiger partial charge in [0, 0.05) is 57.5 Å². The molecule has 0 spiro atoms. The van der Waals surface area contributed by atoms with E-state index in [4.69, 9.17) is 5.48 Å². The van der Waals surface area contributed by atoms with Crippen molar-refractivity contribution >= 4 is 5.91 Å². The summed E-state index contributed by atoms with van der Waals surface area (Å²) in [6.45, 7) is 4.23. The van der Waals surface area contributed by atoms with Gasteiger partial charge in [-0.1, -0.05) is 44.2 Å². The van der Waals surface area contributed by atoms with Crippen molar-refractivity contribution in [3.8, 4) is 0 Å². The number of amides is 1. The van der Waals surface area contributed by atoms with E-state index in [1.807, 2.05) is 11.8 Å². The third kappa shape index (κ3) is 5.74. The fourth-order valence-electron chi connectivity index (χ4n) is 6.06. The molecule has 3 atom stereocenters. The maximum Gasteiger partial charge on any atom is 0.248 e. The Kier molecular flexibility index (Phi) is 5.74. The smallest absolute Gasteiger partial charge is 0.248 e. The summed E-state index contributed by atoms with van der Waals surface area (Å²) in [6, 6.07) is 7.84. The number of benzene rings is 1. The predicted octanol–water partition coefficient (Wildman–Crippen LogP) is 5.95. The van der Waals surface area contributed by atoms with Crippen LogP contribution in [0.25, 0.3) is 0 Å². The number of hydrogen-bond acceptors (Lipinski definition) is 4. The molecule has 202 valence electrons. The molecule has 2 aromatic rings. The Hall–Kier alpha value is -2.35. The number of carbonyl (C=O) groups excluding carboxylic acids is 1. The summed E-state index contributed by atoms with van der Waals surface area (Å²) in [5.41, 5.74) is 0.575. The van der Waals surface area contributed by atoms with Crippen LogP contribution in [0.1, 0.15) is 115 Å². The van der Waals surface area contributed by atoms with E-state index < -0.39 is 55.9 Å². The van der Waals surface area contributed by atoms with Crippen molar-refractivity contribution in [1.82, 2.24) is 25.0 Å². The van der Waals surface area contributed by atoms with Crippen LogP contribution in [0.3, 0.4) is 0 Å². The first-order valence-electron chi connectivity index (χ1n) is 16.3. The van der Waals surface area contributed by atoms with E-state index in [1.165, 1.54) is 0 Å². The highest BCUT2D eigenvalue weighted by Crippen LogP contribution is 2.42. The molecule has 0 radical (unpaired) electrons. The Morgan fingerprint density at radius 3 is 2.41 bits per heavy atom. The van der Waals surface area contributed by atoms with E-state index in [0.29, 0.717) is 5.56 Å². The Balaban J connectivity index is 1.38. The largest absolute Gasteiger partial charge is 0.349 e. The highest BCUT2D eigenvalue weighted by molar-refractivity contribution is 5.79. The topological polar surface area (TPSA) is 63.1 Å². The number of aromatic nitrogens is 3. The zero-order valence-corrected chi connectivity index (χ0v) is 21.8. The molecule has 37 heavy (non-hydrogen) atoms. The summed E-state index contributed by atoms with van der Waals surface area (Å²) in [5, 5.41) is 11.4. The molecule has 1 amide bonds. The van der Waals surface area contributed by atoms with Crippen molar-refractivity contribution in [1.29, 1.82) is 0 Å². The summed E-state index contributed by atoms with van der Waals surface area (Å²) in [4.78, 5) is 15.5. The Bertz CT molecular complexity index is 1290. The average Bonchev–Trinajstić information content (AvgIpc) is 3.39. The van der Waals surface area contributed by atoms with Crippen LogP contribution in [-0.2, 0) is 4.79 Å². The molecule has 1 saturated carbocycles. The number of halogens is 2. The number of aryl methyl sites for hydroxylation is 1. The van der Waals surface area contributed by atoms with Gasteiger partial charge in [-0.3, -0.25) is 9.69 Å². The second-order valence-corrected chi connectivity index (χ2v) is 10.9. The number of hydrogen-bond donors (Lipinski definition) is 1. The van der Waals surface area contributed by atoms with Gasteiger partial charge < -0.3 is 9.88 Å². The Morgan fingerprint density at radius 2 is 1.78 bits per heavy atom. The van der Waals surface area contributed by atoms with Crippen LogP contribution in [0.5, 0.6) is 0 Å². The monoisotopic (exact) mass is 519 g/mol. The van der Waals surface area contributed by atoms with Crippen LogP contribution >= 0.6 is 0 Å². The second kappa shape index (κ2) is 10.8. The molecule has 1 aromatic carbocycles. The van der Waals surface area contributed by atoms with Gasteiger partial charge in [-0.15, -0.1) is 10.2 Å². The lowest BCUT2D eigenvalue weighted by atomic mass is 9.86. The number of nitrogens with zero attached hydrogens (tertiary/aromatic N) is 4. The van der Waals surface area contributed by atoms with Gasteiger partial charge in [0.2, 0.25) is 11.8 Å². The highest BCUT2D eigenvalue weighted by atomic mass is 19.3. The highest BCUT2D eigenvalue weighted by Gasteiger charge is 2.42. The number of carbonyl (C=O) groups is 1. The first kappa shape index (κ1) is 19.7. The number of alkyl halides is 2. The van der Waals surface area contributed by atoms with Gasteiger partial charge in [0.1, 0.15) is 11.6 Å². The zero-order chi connectivity index (χ0) is 31.5. The zero-order valence-electron chi connectivity index (χ0n) is 27.8. The van der Waals surface area contributed by atoms with Crippen molar-refractivity contribution in [2.75, 3.05) is 6.50 Å². The van der Waals surface area contributed by atoms with E-state index in [9.17, 15) is 16.3 Å². The number of fused-ring (bicyclic) bond motifs is 2. The van der Waals surface area contributed by atoms with Crippen LogP contribution < -0.4 is 5.32 Å². The molecule has 1 aliphatic carbocycles. The van der Waals surface area contributed by atoms with Crippen LogP contribution in [0, 0.1) is 12.8 Å². The SMILES string of the molecule is [2H]C1([2H])CC(F)(F)CC([2H])([2H])C1C(=O)NC(CC([2H])([2H])N1C2CCC1CC(n1c(C)nnc1C(C)C)C2)c1ccccc1. The van der Waals surface area contributed by atoms with E-state index >= 15 is 0 Å². The molecular formula is C29H41F2N5O. The first-order valence-corrected chi connectivity index (χ1v) is 13.3. The predicted molar refractivity (Wildman–Crippen MR) is 139 cm³/mol. The lowest BCUT2D eigenvalue weighted by molar-refractivity contribution is -0.130. The molecule has 2 saturated heterocycles. The quantitative estimate of drug-likeness (QED) is 0.468. The van der Waals surface area contributed by atoms with E-state index in [1.54, 1.807) is 30.3 Å². The fraction of sp³-hybridized carbons (Fsp3) is 0.690. The van der Waals surface area contributed by atoms with Crippen molar-refractivity contribution in [3.05, 3.63) is 47.5 Å². The molecule has 1 N–H and O–H groups in total. The third-order valence-corrected chi connectivity index (χ3v) is 7.87. The molecule has 8 heteroatoms. The molecule has 3 heterocycles. The minimum absolute atomic E-state index is 0.0449. The number of rotatable bonds is 8. The van der Waals surface area contributed by atoms with Crippen molar-refractivity contribution in [2.24, 2.45) is 5.92 Å². The van der Waals surface area contributed by atoms with Crippen molar-refractivity contribution in [2.45, 2.75) is 114 Å². The van der Waals surface area contributed by atoms with Crippen LogP contribution in [-0.4, -0.2) is 50.1 Å². The van der Waals surface area contributed by atoms with Crippen LogP contribution in [0.2, 0.25) is 0 Å². The maximum atomic E-state index is 14.2. The summed E-state index contributed by atoms with van der Waals surface area (Å²) in [6.07, 6.45) is -5.12. The van der Waals surface area contributed by atoms with E-state index in [2.05, 4.69) is 33.9 Å². The fourth-order valence-corrected chi connectivity index (χ4v) is 6.06. The van der Waals surface area contributed by atoms with Gasteiger partial charge in [-0.05, 0) is 57.3 Å². The summed E-state index contributed by atoms with van der Waals surface area (Å²) >= 11 is 0. The Labute approximate surface area is 227 Å². The minimum atomic E-state index is -3.58. The second-order valence-electron chi connectivity index (χ2n) is 10.9. The molecule has 3 fully saturated rings. The first-order chi connectivity index (χ1) is 19.9. The third-order valence-electron chi connectivity index (χ3n) is 7.87. The molecule has 5 rings (SSSR count). The Morgan fingerprint density at radius 1 is 1.14 bits per heavy atom. The van der Waals surface area contributed by atoms with Gasteiger partial charge in [0.05, 0.1) is 6.04 Å². The normalized spacial score (nSPS) is 32.4. The van der Waals surface area contributed by atoms with Crippen LogP contribution in [0.4, 0.5) is 8.78 Å². The molecule has 2 bridgehead atoms. The molecule has 2 aliphatic heterocycles. The van der Waals surface area contributed by atoms with E-state index in [0.717, 1.165) is 37.3 Å². The van der Waals surface area contributed by atoms with Crippen LogP contribution in [0.15, 0.2) is 30.3 Å². The lowest BCUT2D eigenvalue weighted by Gasteiger charge is -2.40. The summed E-state index contributed by atoms with van der Waals surface area (Å²) < 4.78 is 81.9. The number of piperidine rings is 1. The van der Waals surface area contributed by atoms with Gasteiger partial charge >= 0.3 is 0 Å². The van der Waals surface area contributed by atoms with Crippen molar-refractivity contribution in [3.63, 3.8) is 0 Å². The van der Waals surface area contributed by atoms with E-state index in [-0.39, 0.29) is 30.5 Å². The molecule has 1 aromatic heterocycles. The average molecular weight is 520 g/mol. The standard InChI is InChI=1S/C29H41F2N5O/c1-19(2)27-34-33-20(3)36(27)25-17-23-9-10-24(18-25)35(23)16-13-26(21-7-5-4-6-8-21)32-28(37)22-11-14-29(30,31)15-12-22/h4-8,19,22-26H,9-18H2,1-3H3,(H,32,37)/i11D2,12D2,16D2. The maximum absolute atomic E-state index is 14.2. The van der Waals surface area contributed by atoms with Gasteiger partial charge in [0.25, 0.3) is 0 Å². The minimum Gasteiger partial charge on any atom is -0.349 e. The van der Waals surface area contributed by atoms with Gasteiger partial charge in [-0.25, -0.2) is 8.78 Å². The molecule has 3 aliphatic rings.